The second kappa shape index (κ2) is 4.44. The molecule has 1 heterocycles. The van der Waals surface area contributed by atoms with Crippen LogP contribution in [0.1, 0.15) is 12.0 Å². The molecule has 92 valence electrons. The number of benzene rings is 1. The Kier molecular flexibility index (Phi) is 2.97. The number of urea groups is 1. The van der Waals surface area contributed by atoms with Crippen molar-refractivity contribution in [3.63, 3.8) is 0 Å². The van der Waals surface area contributed by atoms with E-state index in [2.05, 4.69) is 17.2 Å². The van der Waals surface area contributed by atoms with Crippen LogP contribution < -0.4 is 10.6 Å². The standard InChI is InChI=1S/C13H12N2O3/c1-2-8-13(9-6-4-3-5-7-9)10(16)14-12(18)15-11(13)17/h2-7H,1,8H2,(H2,14,15,16,17,18). The lowest BCUT2D eigenvalue weighted by atomic mass is 9.75. The molecule has 1 saturated heterocycles. The molecule has 0 aromatic heterocycles. The summed E-state index contributed by atoms with van der Waals surface area (Å²) in [5.74, 6) is -1.25. The van der Waals surface area contributed by atoms with Crippen molar-refractivity contribution in [3.8, 4) is 0 Å². The fourth-order valence-electron chi connectivity index (χ4n) is 2.06. The van der Waals surface area contributed by atoms with E-state index >= 15 is 0 Å². The summed E-state index contributed by atoms with van der Waals surface area (Å²) in [4.78, 5) is 35.3. The van der Waals surface area contributed by atoms with Crippen LogP contribution in [0, 0.1) is 0 Å². The Hall–Kier alpha value is -2.43. The molecule has 4 amide bonds. The van der Waals surface area contributed by atoms with Gasteiger partial charge < -0.3 is 0 Å². The molecule has 0 bridgehead atoms. The molecule has 1 aliphatic rings. The molecule has 0 radical (unpaired) electrons. The molecule has 18 heavy (non-hydrogen) atoms. The number of nitrogens with one attached hydrogen (secondary N) is 2. The number of carbonyl (C=O) groups is 3. The van der Waals surface area contributed by atoms with Crippen LogP contribution in [-0.2, 0) is 15.0 Å². The van der Waals surface area contributed by atoms with Gasteiger partial charge in [-0.2, -0.15) is 0 Å². The van der Waals surface area contributed by atoms with Crippen LogP contribution in [0.25, 0.3) is 0 Å². The van der Waals surface area contributed by atoms with Gasteiger partial charge in [0, 0.05) is 0 Å². The zero-order valence-electron chi connectivity index (χ0n) is 9.60. The lowest BCUT2D eigenvalue weighted by Crippen LogP contribution is -2.64. The summed E-state index contributed by atoms with van der Waals surface area (Å²) in [7, 11) is 0. The Morgan fingerprint density at radius 1 is 1.06 bits per heavy atom. The number of rotatable bonds is 3. The first-order chi connectivity index (χ1) is 8.61. The van der Waals surface area contributed by atoms with Crippen LogP contribution in [0.15, 0.2) is 43.0 Å². The van der Waals surface area contributed by atoms with Gasteiger partial charge in [-0.15, -0.1) is 6.58 Å². The van der Waals surface area contributed by atoms with Crippen molar-refractivity contribution < 1.29 is 14.4 Å². The van der Waals surface area contributed by atoms with Gasteiger partial charge in [0.2, 0.25) is 11.8 Å². The molecule has 1 aromatic rings. The Morgan fingerprint density at radius 2 is 1.61 bits per heavy atom. The third kappa shape index (κ3) is 1.69. The van der Waals surface area contributed by atoms with Crippen molar-refractivity contribution in [2.45, 2.75) is 11.8 Å². The highest BCUT2D eigenvalue weighted by molar-refractivity contribution is 6.23. The maximum atomic E-state index is 12.1. The normalized spacial score (nSPS) is 17.9. The largest absolute Gasteiger partial charge is 0.328 e. The van der Waals surface area contributed by atoms with Gasteiger partial charge in [-0.3, -0.25) is 20.2 Å². The lowest BCUT2D eigenvalue weighted by molar-refractivity contribution is -0.138. The molecule has 1 fully saturated rings. The van der Waals surface area contributed by atoms with E-state index in [0.29, 0.717) is 5.56 Å². The molecule has 0 atom stereocenters. The maximum absolute atomic E-state index is 12.1. The van der Waals surface area contributed by atoms with Gasteiger partial charge >= 0.3 is 6.03 Å². The van der Waals surface area contributed by atoms with E-state index in [0.717, 1.165) is 0 Å². The van der Waals surface area contributed by atoms with Crippen molar-refractivity contribution >= 4 is 17.8 Å². The van der Waals surface area contributed by atoms with Crippen LogP contribution in [0.4, 0.5) is 4.79 Å². The quantitative estimate of drug-likeness (QED) is 0.612. The van der Waals surface area contributed by atoms with E-state index in [1.165, 1.54) is 6.08 Å². The number of hydrogen-bond acceptors (Lipinski definition) is 3. The molecule has 0 unspecified atom stereocenters. The van der Waals surface area contributed by atoms with Gasteiger partial charge in [0.25, 0.3) is 0 Å². The summed E-state index contributed by atoms with van der Waals surface area (Å²) in [6.45, 7) is 3.57. The van der Waals surface area contributed by atoms with Gasteiger partial charge in [0.1, 0.15) is 0 Å². The minimum atomic E-state index is -1.42. The third-order valence-corrected chi connectivity index (χ3v) is 2.95. The van der Waals surface area contributed by atoms with Gasteiger partial charge in [-0.25, -0.2) is 4.79 Å². The number of barbiturate groups is 1. The number of allylic oxidation sites excluding steroid dienone is 1. The first kappa shape index (κ1) is 12.0. The summed E-state index contributed by atoms with van der Waals surface area (Å²) in [5, 5.41) is 4.25. The topological polar surface area (TPSA) is 75.3 Å². The minimum Gasteiger partial charge on any atom is -0.277 e. The summed E-state index contributed by atoms with van der Waals surface area (Å²) >= 11 is 0. The average Bonchev–Trinajstić information content (AvgIpc) is 2.35. The fourth-order valence-corrected chi connectivity index (χ4v) is 2.06. The van der Waals surface area contributed by atoms with E-state index in [-0.39, 0.29) is 6.42 Å². The maximum Gasteiger partial charge on any atom is 0.328 e. The SMILES string of the molecule is C=CCC1(c2ccccc2)C(=O)NC(=O)NC1=O. The predicted octanol–water partition coefficient (Wildman–Crippen LogP) is 0.866. The van der Waals surface area contributed by atoms with Crippen LogP contribution in [-0.4, -0.2) is 17.8 Å². The van der Waals surface area contributed by atoms with E-state index in [1.807, 2.05) is 0 Å². The summed E-state index contributed by atoms with van der Waals surface area (Å²) in [6.07, 6.45) is 1.61. The number of carbonyl (C=O) groups excluding carboxylic acids is 3. The van der Waals surface area contributed by atoms with Gasteiger partial charge in [-0.05, 0) is 12.0 Å². The van der Waals surface area contributed by atoms with Crippen molar-refractivity contribution in [1.82, 2.24) is 10.6 Å². The second-order valence-corrected chi connectivity index (χ2v) is 4.00. The van der Waals surface area contributed by atoms with Crippen LogP contribution in [0.2, 0.25) is 0 Å². The zero-order valence-corrected chi connectivity index (χ0v) is 9.60. The van der Waals surface area contributed by atoms with E-state index in [1.54, 1.807) is 30.3 Å². The Morgan fingerprint density at radius 3 is 2.11 bits per heavy atom. The smallest absolute Gasteiger partial charge is 0.277 e. The first-order valence-corrected chi connectivity index (χ1v) is 5.44. The molecular weight excluding hydrogens is 232 g/mol. The minimum absolute atomic E-state index is 0.127. The van der Waals surface area contributed by atoms with Crippen LogP contribution in [0.5, 0.6) is 0 Å². The second-order valence-electron chi connectivity index (χ2n) is 4.00. The molecule has 1 aliphatic heterocycles. The van der Waals surface area contributed by atoms with E-state index in [9.17, 15) is 14.4 Å². The fraction of sp³-hybridized carbons (Fsp3) is 0.154. The van der Waals surface area contributed by atoms with Gasteiger partial charge in [0.15, 0.2) is 5.41 Å². The molecule has 5 heteroatoms. The molecular formula is C13H12N2O3. The summed E-state index contributed by atoms with van der Waals surface area (Å²) in [5.41, 5.74) is -0.885. The third-order valence-electron chi connectivity index (χ3n) is 2.95. The van der Waals surface area contributed by atoms with Crippen LogP contribution >= 0.6 is 0 Å². The number of amides is 4. The summed E-state index contributed by atoms with van der Waals surface area (Å²) in [6, 6.07) is 7.82. The highest BCUT2D eigenvalue weighted by Gasteiger charge is 2.50. The highest BCUT2D eigenvalue weighted by Crippen LogP contribution is 2.30. The van der Waals surface area contributed by atoms with E-state index in [4.69, 9.17) is 0 Å². The average molecular weight is 244 g/mol. The van der Waals surface area contributed by atoms with Gasteiger partial charge in [-0.1, -0.05) is 36.4 Å². The molecule has 0 spiro atoms. The number of hydrogen-bond donors (Lipinski definition) is 2. The first-order valence-electron chi connectivity index (χ1n) is 5.44. The van der Waals surface area contributed by atoms with E-state index < -0.39 is 23.3 Å². The molecule has 1 aromatic carbocycles. The van der Waals surface area contributed by atoms with Crippen molar-refractivity contribution in [3.05, 3.63) is 48.6 Å². The lowest BCUT2D eigenvalue weighted by Gasteiger charge is -2.33. The molecule has 0 saturated carbocycles. The van der Waals surface area contributed by atoms with Crippen molar-refractivity contribution in [2.75, 3.05) is 0 Å². The summed E-state index contributed by atoms with van der Waals surface area (Å²) < 4.78 is 0. The highest BCUT2D eigenvalue weighted by atomic mass is 16.2. The molecule has 5 nitrogen and oxygen atoms in total. The predicted molar refractivity (Wildman–Crippen MR) is 64.6 cm³/mol. The Labute approximate surface area is 104 Å². The Balaban J connectivity index is 2.56. The monoisotopic (exact) mass is 244 g/mol. The van der Waals surface area contributed by atoms with Crippen molar-refractivity contribution in [2.24, 2.45) is 0 Å². The van der Waals surface area contributed by atoms with Crippen LogP contribution in [0.3, 0.4) is 0 Å². The Bertz CT molecular complexity index is 502. The molecule has 2 rings (SSSR count). The zero-order chi connectivity index (χ0) is 13.2. The van der Waals surface area contributed by atoms with Crippen molar-refractivity contribution in [1.29, 1.82) is 0 Å². The number of imide groups is 2. The van der Waals surface area contributed by atoms with Gasteiger partial charge in [0.05, 0.1) is 0 Å². The molecule has 0 aliphatic carbocycles. The molecule has 2 N–H and O–H groups in total.